The van der Waals surface area contributed by atoms with Gasteiger partial charge in [0.1, 0.15) is 0 Å². The molecular formula is C14H22BrN3O. The van der Waals surface area contributed by atoms with Crippen LogP contribution in [0.4, 0.5) is 5.69 Å². The number of benzene rings is 1. The molecule has 0 bridgehead atoms. The van der Waals surface area contributed by atoms with Crippen LogP contribution in [0.1, 0.15) is 12.8 Å². The van der Waals surface area contributed by atoms with E-state index in [1.54, 1.807) is 0 Å². The standard InChI is InChI=1S/C14H22BrN3O/c1-18(2)10-4-8-16-9-7-14(19)17-13-6-3-5-12(15)11-13/h3,5-6,11,16H,4,7-10H2,1-2H3,(H,17,19). The highest BCUT2D eigenvalue weighted by molar-refractivity contribution is 9.10. The van der Waals surface area contributed by atoms with Crippen LogP contribution in [0, 0.1) is 0 Å². The number of carbonyl (C=O) groups is 1. The number of hydrogen-bond acceptors (Lipinski definition) is 3. The molecule has 19 heavy (non-hydrogen) atoms. The highest BCUT2D eigenvalue weighted by Crippen LogP contribution is 2.15. The summed E-state index contributed by atoms with van der Waals surface area (Å²) in [6.45, 7) is 2.73. The molecule has 0 heterocycles. The van der Waals surface area contributed by atoms with Crippen molar-refractivity contribution in [1.82, 2.24) is 10.2 Å². The maximum Gasteiger partial charge on any atom is 0.225 e. The smallest absolute Gasteiger partial charge is 0.225 e. The first-order chi connectivity index (χ1) is 9.08. The second kappa shape index (κ2) is 9.07. The Kier molecular flexibility index (Phi) is 7.70. The Labute approximate surface area is 123 Å². The molecule has 1 aromatic carbocycles. The van der Waals surface area contributed by atoms with Crippen molar-refractivity contribution in [2.75, 3.05) is 39.0 Å². The van der Waals surface area contributed by atoms with Crippen LogP contribution in [-0.2, 0) is 4.79 Å². The van der Waals surface area contributed by atoms with Crippen LogP contribution in [0.3, 0.4) is 0 Å². The highest BCUT2D eigenvalue weighted by Gasteiger charge is 2.02. The number of anilines is 1. The van der Waals surface area contributed by atoms with Gasteiger partial charge in [0.15, 0.2) is 0 Å². The molecule has 1 amide bonds. The Morgan fingerprint density at radius 1 is 1.32 bits per heavy atom. The van der Waals surface area contributed by atoms with Gasteiger partial charge in [0.25, 0.3) is 0 Å². The summed E-state index contributed by atoms with van der Waals surface area (Å²) in [6.07, 6.45) is 1.59. The lowest BCUT2D eigenvalue weighted by molar-refractivity contribution is -0.116. The van der Waals surface area contributed by atoms with E-state index in [0.29, 0.717) is 13.0 Å². The lowest BCUT2D eigenvalue weighted by atomic mass is 10.3. The molecule has 0 aromatic heterocycles. The van der Waals surface area contributed by atoms with Gasteiger partial charge in [-0.15, -0.1) is 0 Å². The minimum absolute atomic E-state index is 0.0400. The first-order valence-corrected chi connectivity index (χ1v) is 7.28. The fourth-order valence-corrected chi connectivity index (χ4v) is 2.04. The van der Waals surface area contributed by atoms with Crippen LogP contribution in [0.2, 0.25) is 0 Å². The van der Waals surface area contributed by atoms with Crippen molar-refractivity contribution < 1.29 is 4.79 Å². The van der Waals surface area contributed by atoms with Crippen LogP contribution in [0.15, 0.2) is 28.7 Å². The van der Waals surface area contributed by atoms with Crippen molar-refractivity contribution in [3.8, 4) is 0 Å². The van der Waals surface area contributed by atoms with Gasteiger partial charge < -0.3 is 15.5 Å². The van der Waals surface area contributed by atoms with Crippen LogP contribution >= 0.6 is 15.9 Å². The predicted molar refractivity (Wildman–Crippen MR) is 83.4 cm³/mol. The van der Waals surface area contributed by atoms with Crippen molar-refractivity contribution in [1.29, 1.82) is 0 Å². The predicted octanol–water partition coefficient (Wildman–Crippen LogP) is 2.32. The van der Waals surface area contributed by atoms with E-state index in [0.717, 1.165) is 29.7 Å². The molecule has 0 fully saturated rings. The monoisotopic (exact) mass is 327 g/mol. The molecule has 0 spiro atoms. The zero-order chi connectivity index (χ0) is 14.1. The first kappa shape index (κ1) is 16.1. The molecule has 106 valence electrons. The highest BCUT2D eigenvalue weighted by atomic mass is 79.9. The molecule has 0 atom stereocenters. The van der Waals surface area contributed by atoms with Gasteiger partial charge in [0.2, 0.25) is 5.91 Å². The zero-order valence-electron chi connectivity index (χ0n) is 11.6. The average Bonchev–Trinajstić information content (AvgIpc) is 2.33. The summed E-state index contributed by atoms with van der Waals surface area (Å²) in [5, 5.41) is 6.15. The van der Waals surface area contributed by atoms with Gasteiger partial charge in [-0.1, -0.05) is 22.0 Å². The Morgan fingerprint density at radius 3 is 2.79 bits per heavy atom. The van der Waals surface area contributed by atoms with E-state index in [2.05, 4.69) is 45.6 Å². The third kappa shape index (κ3) is 7.97. The summed E-state index contributed by atoms with van der Waals surface area (Å²) in [6, 6.07) is 7.61. The number of hydrogen-bond donors (Lipinski definition) is 2. The SMILES string of the molecule is CN(C)CCCNCCC(=O)Nc1cccc(Br)c1. The quantitative estimate of drug-likeness (QED) is 0.720. The lowest BCUT2D eigenvalue weighted by Gasteiger charge is -2.10. The third-order valence-electron chi connectivity index (χ3n) is 2.60. The Morgan fingerprint density at radius 2 is 2.11 bits per heavy atom. The maximum atomic E-state index is 11.7. The van der Waals surface area contributed by atoms with Gasteiger partial charge >= 0.3 is 0 Å². The summed E-state index contributed by atoms with van der Waals surface area (Å²) >= 11 is 3.38. The average molecular weight is 328 g/mol. The number of halogens is 1. The van der Waals surface area contributed by atoms with E-state index in [1.807, 2.05) is 24.3 Å². The number of carbonyl (C=O) groups excluding carboxylic acids is 1. The summed E-state index contributed by atoms with van der Waals surface area (Å²) in [7, 11) is 4.12. The number of nitrogens with one attached hydrogen (secondary N) is 2. The molecule has 0 aliphatic rings. The van der Waals surface area contributed by atoms with Crippen LogP contribution in [-0.4, -0.2) is 44.5 Å². The summed E-state index contributed by atoms with van der Waals surface area (Å²) in [4.78, 5) is 13.8. The van der Waals surface area contributed by atoms with E-state index in [-0.39, 0.29) is 5.91 Å². The number of rotatable bonds is 8. The van der Waals surface area contributed by atoms with E-state index >= 15 is 0 Å². The van der Waals surface area contributed by atoms with Gasteiger partial charge in [-0.3, -0.25) is 4.79 Å². The minimum Gasteiger partial charge on any atom is -0.326 e. The summed E-state index contributed by atoms with van der Waals surface area (Å²) < 4.78 is 0.965. The largest absolute Gasteiger partial charge is 0.326 e. The zero-order valence-corrected chi connectivity index (χ0v) is 13.2. The van der Waals surface area contributed by atoms with Crippen molar-refractivity contribution in [2.24, 2.45) is 0 Å². The molecular weight excluding hydrogens is 306 g/mol. The molecule has 0 aliphatic carbocycles. The fourth-order valence-electron chi connectivity index (χ4n) is 1.64. The molecule has 2 N–H and O–H groups in total. The molecule has 0 saturated heterocycles. The van der Waals surface area contributed by atoms with Crippen molar-refractivity contribution in [3.05, 3.63) is 28.7 Å². The van der Waals surface area contributed by atoms with Gasteiger partial charge in [-0.05, 0) is 51.8 Å². The van der Waals surface area contributed by atoms with Gasteiger partial charge in [0.05, 0.1) is 0 Å². The Hall–Kier alpha value is -0.910. The molecule has 0 saturated carbocycles. The third-order valence-corrected chi connectivity index (χ3v) is 3.09. The lowest BCUT2D eigenvalue weighted by Crippen LogP contribution is -2.25. The van der Waals surface area contributed by atoms with E-state index < -0.39 is 0 Å². The van der Waals surface area contributed by atoms with E-state index in [1.165, 1.54) is 0 Å². The van der Waals surface area contributed by atoms with Gasteiger partial charge in [0, 0.05) is 23.1 Å². The van der Waals surface area contributed by atoms with E-state index in [9.17, 15) is 4.79 Å². The fraction of sp³-hybridized carbons (Fsp3) is 0.500. The van der Waals surface area contributed by atoms with Crippen LogP contribution in [0.5, 0.6) is 0 Å². The minimum atomic E-state index is 0.0400. The molecule has 0 radical (unpaired) electrons. The second-order valence-corrected chi connectivity index (χ2v) is 5.63. The first-order valence-electron chi connectivity index (χ1n) is 6.49. The van der Waals surface area contributed by atoms with Gasteiger partial charge in [-0.25, -0.2) is 0 Å². The van der Waals surface area contributed by atoms with E-state index in [4.69, 9.17) is 0 Å². The maximum absolute atomic E-state index is 11.7. The summed E-state index contributed by atoms with van der Waals surface area (Å²) in [5.74, 6) is 0.0400. The Balaban J connectivity index is 2.11. The van der Waals surface area contributed by atoms with Gasteiger partial charge in [-0.2, -0.15) is 0 Å². The van der Waals surface area contributed by atoms with Crippen LogP contribution in [0.25, 0.3) is 0 Å². The Bertz CT molecular complexity index is 396. The topological polar surface area (TPSA) is 44.4 Å². The summed E-state index contributed by atoms with van der Waals surface area (Å²) in [5.41, 5.74) is 0.826. The van der Waals surface area contributed by atoms with Crippen molar-refractivity contribution in [2.45, 2.75) is 12.8 Å². The second-order valence-electron chi connectivity index (χ2n) is 4.72. The molecule has 5 heteroatoms. The van der Waals surface area contributed by atoms with Crippen molar-refractivity contribution >= 4 is 27.5 Å². The molecule has 1 aromatic rings. The molecule has 4 nitrogen and oxygen atoms in total. The number of nitrogens with zero attached hydrogens (tertiary/aromatic N) is 1. The normalized spacial score (nSPS) is 10.7. The van der Waals surface area contributed by atoms with Crippen LogP contribution < -0.4 is 10.6 Å². The number of amides is 1. The molecule has 1 rings (SSSR count). The van der Waals surface area contributed by atoms with Crippen molar-refractivity contribution in [3.63, 3.8) is 0 Å². The molecule has 0 unspecified atom stereocenters. The molecule has 0 aliphatic heterocycles.